The molecule has 0 saturated carbocycles. The van der Waals surface area contributed by atoms with E-state index in [0.29, 0.717) is 0 Å². The maximum atomic E-state index is 10.3. The fourth-order valence-corrected chi connectivity index (χ4v) is 1.78. The first-order chi connectivity index (χ1) is 6.75. The van der Waals surface area contributed by atoms with Gasteiger partial charge in [0, 0.05) is 10.5 Å². The van der Waals surface area contributed by atoms with Crippen LogP contribution in [0.2, 0.25) is 0 Å². The number of nitro groups is 1. The van der Waals surface area contributed by atoms with Gasteiger partial charge in [0.05, 0.1) is 0 Å². The van der Waals surface area contributed by atoms with E-state index in [-0.39, 0.29) is 11.5 Å². The van der Waals surface area contributed by atoms with Crippen molar-refractivity contribution in [3.05, 3.63) is 51.1 Å². The largest absolute Gasteiger partial charge is 0.264 e. The van der Waals surface area contributed by atoms with Crippen LogP contribution >= 0.6 is 0 Å². The summed E-state index contributed by atoms with van der Waals surface area (Å²) in [6.07, 6.45) is 3.69. The fraction of sp³-hybridized carbons (Fsp3) is 0.273. The summed E-state index contributed by atoms with van der Waals surface area (Å²) in [7, 11) is 0. The lowest BCUT2D eigenvalue weighted by Gasteiger charge is -2.13. The number of hydrogen-bond acceptors (Lipinski definition) is 2. The third kappa shape index (κ3) is 1.82. The van der Waals surface area contributed by atoms with Crippen molar-refractivity contribution in [3.8, 4) is 0 Å². The molecule has 2 rings (SSSR count). The molecule has 0 aliphatic heterocycles. The van der Waals surface area contributed by atoms with Crippen LogP contribution < -0.4 is 0 Å². The van der Waals surface area contributed by atoms with Crippen LogP contribution in [0, 0.1) is 10.1 Å². The van der Waals surface area contributed by atoms with Crippen LogP contribution in [0.15, 0.2) is 29.8 Å². The third-order valence-corrected chi connectivity index (χ3v) is 2.46. The van der Waals surface area contributed by atoms with Crippen LogP contribution in [0.5, 0.6) is 0 Å². The summed E-state index contributed by atoms with van der Waals surface area (Å²) in [5.74, 6) is 0. The zero-order valence-corrected chi connectivity index (χ0v) is 7.77. The predicted molar refractivity (Wildman–Crippen MR) is 54.6 cm³/mol. The van der Waals surface area contributed by atoms with Gasteiger partial charge in [-0.15, -0.1) is 0 Å². The normalized spacial score (nSPS) is 14.4. The molecule has 0 N–H and O–H groups in total. The first-order valence-electron chi connectivity index (χ1n) is 4.65. The molecule has 0 radical (unpaired) electrons. The number of rotatable bonds is 2. The Kier molecular flexibility index (Phi) is 2.31. The topological polar surface area (TPSA) is 43.1 Å². The van der Waals surface area contributed by atoms with Crippen molar-refractivity contribution in [1.29, 1.82) is 0 Å². The third-order valence-electron chi connectivity index (χ3n) is 2.46. The van der Waals surface area contributed by atoms with Crippen molar-refractivity contribution in [2.45, 2.75) is 12.8 Å². The summed E-state index contributed by atoms with van der Waals surface area (Å²) in [6.45, 7) is -0.0195. The van der Waals surface area contributed by atoms with Crippen LogP contribution in [0.3, 0.4) is 0 Å². The van der Waals surface area contributed by atoms with E-state index in [1.165, 1.54) is 5.56 Å². The van der Waals surface area contributed by atoms with Crippen LogP contribution in [0.4, 0.5) is 0 Å². The fourth-order valence-electron chi connectivity index (χ4n) is 1.78. The standard InChI is InChI=1S/C11H11NO2/c13-12(14)8-9-5-6-10-3-1-2-4-11(10)7-9/h1-4,7H,5-6,8H2. The average Bonchev–Trinajstić information content (AvgIpc) is 2.17. The van der Waals surface area contributed by atoms with Gasteiger partial charge in [-0.05, 0) is 30.0 Å². The molecule has 0 bridgehead atoms. The first kappa shape index (κ1) is 8.94. The second kappa shape index (κ2) is 3.62. The minimum absolute atomic E-state index is 0.0195. The van der Waals surface area contributed by atoms with Gasteiger partial charge in [0.1, 0.15) is 0 Å². The highest BCUT2D eigenvalue weighted by atomic mass is 16.6. The van der Waals surface area contributed by atoms with Crippen LogP contribution in [0.25, 0.3) is 6.08 Å². The lowest BCUT2D eigenvalue weighted by atomic mass is 9.92. The molecule has 1 aromatic carbocycles. The van der Waals surface area contributed by atoms with E-state index in [0.717, 1.165) is 24.0 Å². The Morgan fingerprint density at radius 1 is 1.29 bits per heavy atom. The maximum absolute atomic E-state index is 10.3. The summed E-state index contributed by atoms with van der Waals surface area (Å²) in [5.41, 5.74) is 3.35. The molecule has 0 saturated heterocycles. The summed E-state index contributed by atoms with van der Waals surface area (Å²) >= 11 is 0. The molecule has 0 atom stereocenters. The highest BCUT2D eigenvalue weighted by Gasteiger charge is 2.12. The summed E-state index contributed by atoms with van der Waals surface area (Å²) in [5, 5.41) is 10.3. The van der Waals surface area contributed by atoms with Gasteiger partial charge in [0.25, 0.3) is 0 Å². The molecule has 0 unspecified atom stereocenters. The highest BCUT2D eigenvalue weighted by molar-refractivity contribution is 5.59. The van der Waals surface area contributed by atoms with Gasteiger partial charge < -0.3 is 0 Å². The predicted octanol–water partition coefficient (Wildman–Crippen LogP) is 2.29. The number of nitrogens with zero attached hydrogens (tertiary/aromatic N) is 1. The SMILES string of the molecule is O=[N+]([O-])CC1=Cc2ccccc2CC1. The Morgan fingerprint density at radius 2 is 2.07 bits per heavy atom. The van der Waals surface area contributed by atoms with Gasteiger partial charge in [0.15, 0.2) is 0 Å². The zero-order chi connectivity index (χ0) is 9.97. The molecule has 1 aliphatic carbocycles. The number of benzene rings is 1. The van der Waals surface area contributed by atoms with Crippen molar-refractivity contribution in [2.24, 2.45) is 0 Å². The van der Waals surface area contributed by atoms with E-state index >= 15 is 0 Å². The molecule has 1 aromatic rings. The summed E-state index contributed by atoms with van der Waals surface area (Å²) in [6, 6.07) is 8.05. The highest BCUT2D eigenvalue weighted by Crippen LogP contribution is 2.23. The molecular formula is C11H11NO2. The number of hydrogen-bond donors (Lipinski definition) is 0. The van der Waals surface area contributed by atoms with Gasteiger partial charge in [-0.25, -0.2) is 0 Å². The zero-order valence-electron chi connectivity index (χ0n) is 7.77. The van der Waals surface area contributed by atoms with Gasteiger partial charge in [-0.3, -0.25) is 10.1 Å². The van der Waals surface area contributed by atoms with E-state index in [1.54, 1.807) is 0 Å². The lowest BCUT2D eigenvalue weighted by Crippen LogP contribution is -2.08. The summed E-state index contributed by atoms with van der Waals surface area (Å²) in [4.78, 5) is 10.1. The van der Waals surface area contributed by atoms with Gasteiger partial charge >= 0.3 is 0 Å². The number of aryl methyl sites for hydroxylation is 1. The second-order valence-electron chi connectivity index (χ2n) is 3.49. The van der Waals surface area contributed by atoms with Crippen LogP contribution in [0.1, 0.15) is 17.5 Å². The second-order valence-corrected chi connectivity index (χ2v) is 3.49. The van der Waals surface area contributed by atoms with Gasteiger partial charge in [-0.1, -0.05) is 24.3 Å². The molecule has 3 nitrogen and oxygen atoms in total. The molecule has 0 spiro atoms. The van der Waals surface area contributed by atoms with Crippen molar-refractivity contribution in [1.82, 2.24) is 0 Å². The van der Waals surface area contributed by atoms with E-state index < -0.39 is 0 Å². The molecule has 0 amide bonds. The van der Waals surface area contributed by atoms with E-state index in [2.05, 4.69) is 6.07 Å². The Hall–Kier alpha value is -1.64. The smallest absolute Gasteiger partial charge is 0.225 e. The Balaban J connectivity index is 2.26. The molecule has 0 fully saturated rings. The molecule has 0 heterocycles. The van der Waals surface area contributed by atoms with Gasteiger partial charge in [0.2, 0.25) is 6.54 Å². The van der Waals surface area contributed by atoms with E-state index in [9.17, 15) is 10.1 Å². The first-order valence-corrected chi connectivity index (χ1v) is 4.65. The van der Waals surface area contributed by atoms with Crippen molar-refractivity contribution >= 4 is 6.08 Å². The average molecular weight is 189 g/mol. The minimum atomic E-state index is -0.264. The van der Waals surface area contributed by atoms with Gasteiger partial charge in [-0.2, -0.15) is 0 Å². The van der Waals surface area contributed by atoms with E-state index in [4.69, 9.17) is 0 Å². The Labute approximate surface area is 82.2 Å². The molecule has 14 heavy (non-hydrogen) atoms. The monoisotopic (exact) mass is 189 g/mol. The molecular weight excluding hydrogens is 178 g/mol. The van der Waals surface area contributed by atoms with Crippen molar-refractivity contribution < 1.29 is 4.92 Å². The quantitative estimate of drug-likeness (QED) is 0.529. The van der Waals surface area contributed by atoms with Crippen molar-refractivity contribution in [3.63, 3.8) is 0 Å². The molecule has 72 valence electrons. The van der Waals surface area contributed by atoms with Crippen LogP contribution in [-0.4, -0.2) is 11.5 Å². The molecule has 3 heteroatoms. The Bertz CT molecular complexity index is 396. The van der Waals surface area contributed by atoms with Crippen LogP contribution in [-0.2, 0) is 6.42 Å². The Morgan fingerprint density at radius 3 is 2.86 bits per heavy atom. The molecule has 0 aromatic heterocycles. The van der Waals surface area contributed by atoms with E-state index in [1.807, 2.05) is 24.3 Å². The summed E-state index contributed by atoms with van der Waals surface area (Å²) < 4.78 is 0. The molecule has 1 aliphatic rings. The minimum Gasteiger partial charge on any atom is -0.264 e. The lowest BCUT2D eigenvalue weighted by molar-refractivity contribution is -0.471. The maximum Gasteiger partial charge on any atom is 0.225 e. The van der Waals surface area contributed by atoms with Crippen molar-refractivity contribution in [2.75, 3.05) is 6.54 Å². The number of fused-ring (bicyclic) bond motifs is 1.